The van der Waals surface area contributed by atoms with Gasteiger partial charge in [0.15, 0.2) is 0 Å². The molecule has 0 radical (unpaired) electrons. The highest BCUT2D eigenvalue weighted by Crippen LogP contribution is 2.20. The highest BCUT2D eigenvalue weighted by Gasteiger charge is 2.10. The SMILES string of the molecule is CCCc1cc2c(cc1C)CNCC2. The Morgan fingerprint density at radius 1 is 1.29 bits per heavy atom. The lowest BCUT2D eigenvalue weighted by molar-refractivity contribution is 0.642. The van der Waals surface area contributed by atoms with Crippen molar-refractivity contribution in [2.75, 3.05) is 6.54 Å². The van der Waals surface area contributed by atoms with E-state index in [-0.39, 0.29) is 0 Å². The van der Waals surface area contributed by atoms with Crippen LogP contribution in [0.3, 0.4) is 0 Å². The fourth-order valence-corrected chi connectivity index (χ4v) is 2.25. The predicted molar refractivity (Wildman–Crippen MR) is 60.6 cm³/mol. The van der Waals surface area contributed by atoms with Crippen LogP contribution >= 0.6 is 0 Å². The van der Waals surface area contributed by atoms with Crippen LogP contribution in [0.15, 0.2) is 12.1 Å². The van der Waals surface area contributed by atoms with E-state index in [1.54, 1.807) is 11.1 Å². The summed E-state index contributed by atoms with van der Waals surface area (Å²) in [6.45, 7) is 6.69. The van der Waals surface area contributed by atoms with Gasteiger partial charge in [-0.1, -0.05) is 25.5 Å². The van der Waals surface area contributed by atoms with Crippen LogP contribution in [0.1, 0.15) is 35.6 Å². The minimum atomic E-state index is 1.06. The van der Waals surface area contributed by atoms with E-state index in [1.165, 1.54) is 30.4 Å². The van der Waals surface area contributed by atoms with Gasteiger partial charge in [0, 0.05) is 6.54 Å². The first-order valence-electron chi connectivity index (χ1n) is 5.63. The lowest BCUT2D eigenvalue weighted by Gasteiger charge is -2.19. The zero-order chi connectivity index (χ0) is 9.97. The van der Waals surface area contributed by atoms with Gasteiger partial charge in [0.25, 0.3) is 0 Å². The number of benzene rings is 1. The molecule has 0 amide bonds. The second-order valence-electron chi connectivity index (χ2n) is 4.22. The molecule has 76 valence electrons. The minimum Gasteiger partial charge on any atom is -0.312 e. The standard InChI is InChI=1S/C13H19N/c1-3-4-11-8-12-5-6-14-9-13(12)7-10(11)2/h7-8,14H,3-6,9H2,1-2H3. The summed E-state index contributed by atoms with van der Waals surface area (Å²) in [6.07, 6.45) is 3.68. The molecule has 1 aliphatic heterocycles. The van der Waals surface area contributed by atoms with E-state index < -0.39 is 0 Å². The van der Waals surface area contributed by atoms with E-state index in [2.05, 4.69) is 31.3 Å². The zero-order valence-corrected chi connectivity index (χ0v) is 9.19. The fraction of sp³-hybridized carbons (Fsp3) is 0.538. The smallest absolute Gasteiger partial charge is 0.0208 e. The van der Waals surface area contributed by atoms with Gasteiger partial charge in [-0.2, -0.15) is 0 Å². The Hall–Kier alpha value is -0.820. The number of rotatable bonds is 2. The van der Waals surface area contributed by atoms with Gasteiger partial charge in [0.1, 0.15) is 0 Å². The third-order valence-corrected chi connectivity index (χ3v) is 3.06. The lowest BCUT2D eigenvalue weighted by atomic mass is 9.93. The molecule has 1 aromatic carbocycles. The summed E-state index contributed by atoms with van der Waals surface area (Å²) < 4.78 is 0. The van der Waals surface area contributed by atoms with Crippen molar-refractivity contribution < 1.29 is 0 Å². The van der Waals surface area contributed by atoms with Crippen molar-refractivity contribution in [2.24, 2.45) is 0 Å². The Morgan fingerprint density at radius 2 is 2.14 bits per heavy atom. The quantitative estimate of drug-likeness (QED) is 0.754. The molecule has 0 aromatic heterocycles. The molecular formula is C13H19N. The molecule has 0 aliphatic carbocycles. The molecule has 1 heteroatoms. The summed E-state index contributed by atoms with van der Waals surface area (Å²) in [5.74, 6) is 0. The van der Waals surface area contributed by atoms with Gasteiger partial charge in [-0.05, 0) is 48.6 Å². The molecule has 0 fully saturated rings. The van der Waals surface area contributed by atoms with E-state index in [0.717, 1.165) is 13.1 Å². The van der Waals surface area contributed by atoms with E-state index in [0.29, 0.717) is 0 Å². The molecule has 1 heterocycles. The molecule has 0 spiro atoms. The Kier molecular flexibility index (Phi) is 2.87. The molecule has 2 rings (SSSR count). The maximum Gasteiger partial charge on any atom is 0.0208 e. The van der Waals surface area contributed by atoms with Crippen LogP contribution in [-0.2, 0) is 19.4 Å². The molecule has 0 saturated heterocycles. The van der Waals surface area contributed by atoms with Gasteiger partial charge in [-0.3, -0.25) is 0 Å². The fourth-order valence-electron chi connectivity index (χ4n) is 2.25. The van der Waals surface area contributed by atoms with Crippen molar-refractivity contribution in [3.8, 4) is 0 Å². The molecule has 1 aromatic rings. The molecule has 1 aliphatic rings. The monoisotopic (exact) mass is 189 g/mol. The first-order valence-corrected chi connectivity index (χ1v) is 5.63. The molecule has 14 heavy (non-hydrogen) atoms. The maximum absolute atomic E-state index is 3.42. The average molecular weight is 189 g/mol. The molecule has 0 bridgehead atoms. The second-order valence-corrected chi connectivity index (χ2v) is 4.22. The van der Waals surface area contributed by atoms with Gasteiger partial charge in [0.2, 0.25) is 0 Å². The van der Waals surface area contributed by atoms with Crippen LogP contribution < -0.4 is 5.32 Å². The van der Waals surface area contributed by atoms with Crippen molar-refractivity contribution in [3.05, 3.63) is 34.4 Å². The van der Waals surface area contributed by atoms with Crippen LogP contribution in [0.2, 0.25) is 0 Å². The van der Waals surface area contributed by atoms with Gasteiger partial charge in [-0.15, -0.1) is 0 Å². The number of hydrogen-bond acceptors (Lipinski definition) is 1. The lowest BCUT2D eigenvalue weighted by Crippen LogP contribution is -2.23. The van der Waals surface area contributed by atoms with E-state index in [1.807, 2.05) is 0 Å². The Morgan fingerprint density at radius 3 is 2.93 bits per heavy atom. The normalized spacial score (nSPS) is 15.3. The molecule has 1 N–H and O–H groups in total. The van der Waals surface area contributed by atoms with Crippen LogP contribution in [0, 0.1) is 6.92 Å². The van der Waals surface area contributed by atoms with Gasteiger partial charge in [-0.25, -0.2) is 0 Å². The maximum atomic E-state index is 3.42. The van der Waals surface area contributed by atoms with Crippen LogP contribution in [0.25, 0.3) is 0 Å². The van der Waals surface area contributed by atoms with Gasteiger partial charge >= 0.3 is 0 Å². The molecule has 0 unspecified atom stereocenters. The summed E-state index contributed by atoms with van der Waals surface area (Å²) in [5.41, 5.74) is 6.09. The summed E-state index contributed by atoms with van der Waals surface area (Å²) >= 11 is 0. The Labute approximate surface area is 86.5 Å². The second kappa shape index (κ2) is 4.14. The predicted octanol–water partition coefficient (Wildman–Crippen LogP) is 2.59. The van der Waals surface area contributed by atoms with Crippen molar-refractivity contribution in [1.82, 2.24) is 5.32 Å². The minimum absolute atomic E-state index is 1.06. The summed E-state index contributed by atoms with van der Waals surface area (Å²) in [5, 5.41) is 3.42. The molecule has 0 atom stereocenters. The number of nitrogens with one attached hydrogen (secondary N) is 1. The molecule has 1 nitrogen and oxygen atoms in total. The highest BCUT2D eigenvalue weighted by molar-refractivity contribution is 5.39. The third-order valence-electron chi connectivity index (χ3n) is 3.06. The molecular weight excluding hydrogens is 170 g/mol. The van der Waals surface area contributed by atoms with E-state index in [4.69, 9.17) is 0 Å². The topological polar surface area (TPSA) is 12.0 Å². The van der Waals surface area contributed by atoms with E-state index in [9.17, 15) is 0 Å². The largest absolute Gasteiger partial charge is 0.312 e. The first-order chi connectivity index (χ1) is 6.81. The van der Waals surface area contributed by atoms with Crippen LogP contribution in [-0.4, -0.2) is 6.54 Å². The van der Waals surface area contributed by atoms with E-state index >= 15 is 0 Å². The average Bonchev–Trinajstić information content (AvgIpc) is 2.19. The highest BCUT2D eigenvalue weighted by atomic mass is 14.9. The Bertz CT molecular complexity index is 328. The summed E-state index contributed by atoms with van der Waals surface area (Å²) in [7, 11) is 0. The van der Waals surface area contributed by atoms with Gasteiger partial charge in [0.05, 0.1) is 0 Å². The first kappa shape index (κ1) is 9.72. The zero-order valence-electron chi connectivity index (χ0n) is 9.19. The van der Waals surface area contributed by atoms with Gasteiger partial charge < -0.3 is 5.32 Å². The molecule has 0 saturated carbocycles. The van der Waals surface area contributed by atoms with Crippen molar-refractivity contribution >= 4 is 0 Å². The van der Waals surface area contributed by atoms with Crippen molar-refractivity contribution in [3.63, 3.8) is 0 Å². The number of aryl methyl sites for hydroxylation is 2. The van der Waals surface area contributed by atoms with Crippen LogP contribution in [0.4, 0.5) is 0 Å². The third kappa shape index (κ3) is 1.83. The summed E-state index contributed by atoms with van der Waals surface area (Å²) in [4.78, 5) is 0. The van der Waals surface area contributed by atoms with Crippen LogP contribution in [0.5, 0.6) is 0 Å². The van der Waals surface area contributed by atoms with Crippen molar-refractivity contribution in [2.45, 2.75) is 39.7 Å². The van der Waals surface area contributed by atoms with Crippen molar-refractivity contribution in [1.29, 1.82) is 0 Å². The summed E-state index contributed by atoms with van der Waals surface area (Å²) in [6, 6.07) is 4.79. The number of hydrogen-bond donors (Lipinski definition) is 1. The number of fused-ring (bicyclic) bond motifs is 1. The Balaban J connectivity index is 2.35.